The van der Waals surface area contributed by atoms with E-state index in [0.29, 0.717) is 11.5 Å². The lowest BCUT2D eigenvalue weighted by atomic mass is 9.94. The highest BCUT2D eigenvalue weighted by Crippen LogP contribution is 2.26. The Morgan fingerprint density at radius 3 is 2.46 bits per heavy atom. The molecule has 1 aromatic heterocycles. The van der Waals surface area contributed by atoms with Crippen molar-refractivity contribution in [3.05, 3.63) is 52.8 Å². The first-order valence-corrected chi connectivity index (χ1v) is 8.06. The zero-order valence-corrected chi connectivity index (χ0v) is 15.5. The van der Waals surface area contributed by atoms with Gasteiger partial charge in [-0.1, -0.05) is 12.1 Å². The van der Waals surface area contributed by atoms with Crippen LogP contribution < -0.4 is 5.32 Å². The van der Waals surface area contributed by atoms with Gasteiger partial charge in [-0.15, -0.1) is 24.8 Å². The lowest BCUT2D eigenvalue weighted by Gasteiger charge is -2.23. The van der Waals surface area contributed by atoms with E-state index in [1.54, 1.807) is 0 Å². The SMILES string of the molecule is CCn1nc(Cc2ccc(C#N)cc2)cc1C1CCNCC1.Cl.Cl. The Kier molecular flexibility index (Phi) is 8.27. The van der Waals surface area contributed by atoms with Crippen LogP contribution in [0.15, 0.2) is 30.3 Å². The van der Waals surface area contributed by atoms with Gasteiger partial charge in [0.25, 0.3) is 0 Å². The zero-order chi connectivity index (χ0) is 15.4. The Morgan fingerprint density at radius 1 is 1.21 bits per heavy atom. The van der Waals surface area contributed by atoms with Gasteiger partial charge in [0.05, 0.1) is 17.3 Å². The Morgan fingerprint density at radius 2 is 1.88 bits per heavy atom. The molecule has 1 N–H and O–H groups in total. The van der Waals surface area contributed by atoms with Crippen molar-refractivity contribution in [3.63, 3.8) is 0 Å². The van der Waals surface area contributed by atoms with Gasteiger partial charge in [0.2, 0.25) is 0 Å². The molecule has 4 nitrogen and oxygen atoms in total. The predicted molar refractivity (Wildman–Crippen MR) is 101 cm³/mol. The molecule has 0 aliphatic carbocycles. The Hall–Kier alpha value is -1.54. The van der Waals surface area contributed by atoms with Gasteiger partial charge in [-0.25, -0.2) is 0 Å². The average Bonchev–Trinajstić information content (AvgIpc) is 2.99. The molecule has 0 bridgehead atoms. The van der Waals surface area contributed by atoms with E-state index in [-0.39, 0.29) is 24.8 Å². The maximum absolute atomic E-state index is 8.86. The second-order valence-corrected chi connectivity index (χ2v) is 5.89. The number of aromatic nitrogens is 2. The number of hydrogen-bond donors (Lipinski definition) is 1. The summed E-state index contributed by atoms with van der Waals surface area (Å²) in [4.78, 5) is 0. The van der Waals surface area contributed by atoms with Gasteiger partial charge < -0.3 is 5.32 Å². The molecule has 3 rings (SSSR count). The number of benzene rings is 1. The molecule has 1 fully saturated rings. The van der Waals surface area contributed by atoms with Crippen LogP contribution in [0.1, 0.15) is 48.2 Å². The summed E-state index contributed by atoms with van der Waals surface area (Å²) in [6, 6.07) is 12.2. The van der Waals surface area contributed by atoms with E-state index in [9.17, 15) is 0 Å². The molecule has 2 aromatic rings. The molecule has 1 aliphatic rings. The number of nitrogens with zero attached hydrogens (tertiary/aromatic N) is 3. The third kappa shape index (κ3) is 4.73. The summed E-state index contributed by atoms with van der Waals surface area (Å²) in [6.45, 7) is 5.28. The molecule has 130 valence electrons. The zero-order valence-electron chi connectivity index (χ0n) is 13.9. The lowest BCUT2D eigenvalue weighted by Crippen LogP contribution is -2.27. The van der Waals surface area contributed by atoms with E-state index in [2.05, 4.69) is 29.1 Å². The highest BCUT2D eigenvalue weighted by Gasteiger charge is 2.20. The van der Waals surface area contributed by atoms with Crippen molar-refractivity contribution in [1.82, 2.24) is 15.1 Å². The summed E-state index contributed by atoms with van der Waals surface area (Å²) in [5, 5.41) is 17.1. The summed E-state index contributed by atoms with van der Waals surface area (Å²) in [6.07, 6.45) is 3.22. The number of nitriles is 1. The molecular weight excluding hydrogens is 343 g/mol. The molecule has 0 saturated carbocycles. The minimum atomic E-state index is 0. The van der Waals surface area contributed by atoms with Crippen LogP contribution in [0.25, 0.3) is 0 Å². The van der Waals surface area contributed by atoms with E-state index in [1.165, 1.54) is 24.1 Å². The fraction of sp³-hybridized carbons (Fsp3) is 0.444. The van der Waals surface area contributed by atoms with Crippen LogP contribution >= 0.6 is 24.8 Å². The minimum absolute atomic E-state index is 0. The second kappa shape index (κ2) is 9.68. The first-order chi connectivity index (χ1) is 10.8. The van der Waals surface area contributed by atoms with E-state index >= 15 is 0 Å². The fourth-order valence-electron chi connectivity index (χ4n) is 3.18. The summed E-state index contributed by atoms with van der Waals surface area (Å²) in [5.74, 6) is 0.628. The summed E-state index contributed by atoms with van der Waals surface area (Å²) in [5.41, 5.74) is 4.42. The normalized spacial score (nSPS) is 14.3. The Labute approximate surface area is 156 Å². The van der Waals surface area contributed by atoms with Crippen molar-refractivity contribution in [1.29, 1.82) is 5.26 Å². The van der Waals surface area contributed by atoms with Crippen LogP contribution in [0.2, 0.25) is 0 Å². The average molecular weight is 367 g/mol. The monoisotopic (exact) mass is 366 g/mol. The number of nitrogens with one attached hydrogen (secondary N) is 1. The summed E-state index contributed by atoms with van der Waals surface area (Å²) < 4.78 is 2.16. The van der Waals surface area contributed by atoms with Gasteiger partial charge in [0.1, 0.15) is 0 Å². The second-order valence-electron chi connectivity index (χ2n) is 5.89. The van der Waals surface area contributed by atoms with Crippen LogP contribution in [0.4, 0.5) is 0 Å². The van der Waals surface area contributed by atoms with Crippen molar-refractivity contribution in [3.8, 4) is 6.07 Å². The van der Waals surface area contributed by atoms with E-state index in [4.69, 9.17) is 10.4 Å². The molecule has 0 amide bonds. The van der Waals surface area contributed by atoms with E-state index < -0.39 is 0 Å². The third-order valence-electron chi connectivity index (χ3n) is 4.39. The van der Waals surface area contributed by atoms with E-state index in [1.807, 2.05) is 24.3 Å². The number of hydrogen-bond acceptors (Lipinski definition) is 3. The van der Waals surface area contributed by atoms with Gasteiger partial charge in [-0.3, -0.25) is 4.68 Å². The van der Waals surface area contributed by atoms with E-state index in [0.717, 1.165) is 31.7 Å². The topological polar surface area (TPSA) is 53.6 Å². The number of aryl methyl sites for hydroxylation is 1. The lowest BCUT2D eigenvalue weighted by molar-refractivity contribution is 0.432. The minimum Gasteiger partial charge on any atom is -0.317 e. The van der Waals surface area contributed by atoms with Crippen molar-refractivity contribution in [2.75, 3.05) is 13.1 Å². The fourth-order valence-corrected chi connectivity index (χ4v) is 3.18. The van der Waals surface area contributed by atoms with Gasteiger partial charge >= 0.3 is 0 Å². The molecule has 0 spiro atoms. The summed E-state index contributed by atoms with van der Waals surface area (Å²) in [7, 11) is 0. The van der Waals surface area contributed by atoms with Gasteiger partial charge in [-0.2, -0.15) is 10.4 Å². The standard InChI is InChI=1S/C18H22N4.2ClH/c1-2-22-18(16-7-9-20-10-8-16)12-17(21-22)11-14-3-5-15(13-19)6-4-14;;/h3-6,12,16,20H,2,7-11H2,1H3;2*1H. The molecular formula is C18H24Cl2N4. The van der Waals surface area contributed by atoms with Crippen molar-refractivity contribution in [2.24, 2.45) is 0 Å². The quantitative estimate of drug-likeness (QED) is 0.897. The maximum atomic E-state index is 8.86. The molecule has 1 saturated heterocycles. The Bertz CT molecular complexity index is 667. The molecule has 0 atom stereocenters. The number of piperidine rings is 1. The molecule has 1 aliphatic heterocycles. The predicted octanol–water partition coefficient (Wildman–Crippen LogP) is 3.68. The highest BCUT2D eigenvalue weighted by atomic mass is 35.5. The van der Waals surface area contributed by atoms with Crippen LogP contribution in [-0.4, -0.2) is 22.9 Å². The van der Waals surface area contributed by atoms with Crippen LogP contribution in [0.5, 0.6) is 0 Å². The van der Waals surface area contributed by atoms with Crippen LogP contribution in [0, 0.1) is 11.3 Å². The van der Waals surface area contributed by atoms with Crippen LogP contribution in [-0.2, 0) is 13.0 Å². The Balaban J connectivity index is 0.00000144. The van der Waals surface area contributed by atoms with Crippen molar-refractivity contribution < 1.29 is 0 Å². The first-order valence-electron chi connectivity index (χ1n) is 8.06. The smallest absolute Gasteiger partial charge is 0.0991 e. The molecule has 24 heavy (non-hydrogen) atoms. The van der Waals surface area contributed by atoms with Gasteiger partial charge in [0.15, 0.2) is 0 Å². The van der Waals surface area contributed by atoms with Gasteiger partial charge in [-0.05, 0) is 56.6 Å². The largest absolute Gasteiger partial charge is 0.317 e. The molecule has 6 heteroatoms. The van der Waals surface area contributed by atoms with Gasteiger partial charge in [0, 0.05) is 24.6 Å². The molecule has 0 unspecified atom stereocenters. The number of halogens is 2. The highest BCUT2D eigenvalue weighted by molar-refractivity contribution is 5.85. The van der Waals surface area contributed by atoms with Crippen LogP contribution in [0.3, 0.4) is 0 Å². The van der Waals surface area contributed by atoms with Crippen molar-refractivity contribution in [2.45, 2.75) is 38.6 Å². The maximum Gasteiger partial charge on any atom is 0.0991 e. The summed E-state index contributed by atoms with van der Waals surface area (Å²) >= 11 is 0. The third-order valence-corrected chi connectivity index (χ3v) is 4.39. The number of rotatable bonds is 4. The molecule has 0 radical (unpaired) electrons. The first kappa shape index (κ1) is 20.5. The van der Waals surface area contributed by atoms with Crippen molar-refractivity contribution >= 4 is 24.8 Å². The molecule has 1 aromatic carbocycles. The molecule has 2 heterocycles.